The summed E-state index contributed by atoms with van der Waals surface area (Å²) >= 11 is 1.35. The highest BCUT2D eigenvalue weighted by atomic mass is 32.2. The lowest BCUT2D eigenvalue weighted by atomic mass is 10.2. The van der Waals surface area contributed by atoms with E-state index >= 15 is 0 Å². The number of hydrogen-bond acceptors (Lipinski definition) is 6. The quantitative estimate of drug-likeness (QED) is 0.545. The van der Waals surface area contributed by atoms with Crippen molar-refractivity contribution >= 4 is 25.5 Å². The van der Waals surface area contributed by atoms with Gasteiger partial charge in [-0.3, -0.25) is 13.8 Å². The topological polar surface area (TPSA) is 73.9 Å². The lowest BCUT2D eigenvalue weighted by Gasteiger charge is -2.22. The number of phosphoric ester groups is 1. The van der Waals surface area contributed by atoms with Gasteiger partial charge < -0.3 is 0 Å². The summed E-state index contributed by atoms with van der Waals surface area (Å²) in [6.45, 7) is 7.09. The van der Waals surface area contributed by atoms with E-state index in [1.807, 2.05) is 0 Å². The van der Waals surface area contributed by atoms with Gasteiger partial charge in [0.1, 0.15) is 0 Å². The third-order valence-electron chi connectivity index (χ3n) is 1.88. The summed E-state index contributed by atoms with van der Waals surface area (Å²) in [5.74, 6) is -0.398. The van der Waals surface area contributed by atoms with Crippen LogP contribution >= 0.6 is 19.6 Å². The van der Waals surface area contributed by atoms with Gasteiger partial charge in [0, 0.05) is 0 Å². The Kier molecular flexibility index (Phi) is 7.35. The minimum atomic E-state index is -3.69. The fourth-order valence-electron chi connectivity index (χ4n) is 0.719. The Balaban J connectivity index is 4.41. The van der Waals surface area contributed by atoms with E-state index in [0.29, 0.717) is 0 Å². The first kappa shape index (κ1) is 16.9. The van der Waals surface area contributed by atoms with E-state index in [-0.39, 0.29) is 13.2 Å². The monoisotopic (exact) mass is 285 g/mol. The predicted molar refractivity (Wildman–Crippen MR) is 67.7 cm³/mol. The molecular formula is C9H20NO5PS. The van der Waals surface area contributed by atoms with Crippen LogP contribution in [0.2, 0.25) is 0 Å². The fourth-order valence-corrected chi connectivity index (χ4v) is 1.95. The Morgan fingerprint density at radius 3 is 2.12 bits per heavy atom. The molecule has 0 aromatic rings. The normalized spacial score (nSPS) is 12.5. The Bertz CT molecular complexity index is 287. The first-order valence-electron chi connectivity index (χ1n) is 5.24. The van der Waals surface area contributed by atoms with E-state index < -0.39 is 18.5 Å². The largest absolute Gasteiger partial charge is 0.496 e. The molecule has 0 aromatic heterocycles. The molecule has 0 fully saturated rings. The standard InChI is InChI=1S/C9H20NO5PS/c1-6-13-16(12,14-7-2)15-10-8(11)9(3,4)17-5/h6-7H2,1-5H3,(H,10,11). The average Bonchev–Trinajstić information content (AvgIpc) is 2.26. The summed E-state index contributed by atoms with van der Waals surface area (Å²) in [4.78, 5) is 11.7. The number of carbonyl (C=O) groups excluding carboxylic acids is 1. The van der Waals surface area contributed by atoms with Crippen LogP contribution in [0.15, 0.2) is 0 Å². The number of carbonyl (C=O) groups is 1. The van der Waals surface area contributed by atoms with Gasteiger partial charge in [-0.25, -0.2) is 10.0 Å². The highest BCUT2D eigenvalue weighted by molar-refractivity contribution is 8.00. The molecule has 0 spiro atoms. The second-order valence-electron chi connectivity index (χ2n) is 3.52. The van der Waals surface area contributed by atoms with Crippen molar-refractivity contribution in [2.45, 2.75) is 32.4 Å². The first-order valence-corrected chi connectivity index (χ1v) is 7.93. The second kappa shape index (κ2) is 7.38. The molecule has 0 saturated carbocycles. The van der Waals surface area contributed by atoms with Gasteiger partial charge in [0.25, 0.3) is 5.91 Å². The summed E-state index contributed by atoms with van der Waals surface area (Å²) in [6.07, 6.45) is 1.80. The van der Waals surface area contributed by atoms with Crippen LogP contribution in [0, 0.1) is 0 Å². The van der Waals surface area contributed by atoms with Crippen molar-refractivity contribution in [3.05, 3.63) is 0 Å². The van der Waals surface area contributed by atoms with E-state index in [4.69, 9.17) is 13.7 Å². The van der Waals surface area contributed by atoms with Crippen molar-refractivity contribution in [2.75, 3.05) is 19.5 Å². The smallest absolute Gasteiger partial charge is 0.286 e. The third kappa shape index (κ3) is 5.88. The Morgan fingerprint density at radius 2 is 1.76 bits per heavy atom. The summed E-state index contributed by atoms with van der Waals surface area (Å²) in [5, 5.41) is 0. The molecule has 0 rings (SSSR count). The molecule has 17 heavy (non-hydrogen) atoms. The molecule has 0 bridgehead atoms. The van der Waals surface area contributed by atoms with Gasteiger partial charge in [-0.1, -0.05) is 0 Å². The van der Waals surface area contributed by atoms with Crippen molar-refractivity contribution in [1.29, 1.82) is 0 Å². The van der Waals surface area contributed by atoms with Crippen molar-refractivity contribution in [1.82, 2.24) is 5.48 Å². The molecule has 102 valence electrons. The third-order valence-corrected chi connectivity index (χ3v) is 4.55. The molecular weight excluding hydrogens is 265 g/mol. The lowest BCUT2D eigenvalue weighted by molar-refractivity contribution is -0.130. The first-order chi connectivity index (χ1) is 7.81. The van der Waals surface area contributed by atoms with Gasteiger partial charge in [0.15, 0.2) is 0 Å². The Labute approximate surface area is 106 Å². The lowest BCUT2D eigenvalue weighted by Crippen LogP contribution is -2.39. The molecule has 0 aliphatic heterocycles. The van der Waals surface area contributed by atoms with Crippen LogP contribution in [0.1, 0.15) is 27.7 Å². The number of thioether (sulfide) groups is 1. The van der Waals surface area contributed by atoms with E-state index in [0.717, 1.165) is 0 Å². The molecule has 0 aromatic carbocycles. The zero-order valence-electron chi connectivity index (χ0n) is 10.8. The molecule has 0 radical (unpaired) electrons. The highest BCUT2D eigenvalue weighted by Gasteiger charge is 2.32. The number of hydrogen-bond donors (Lipinski definition) is 1. The maximum absolute atomic E-state index is 11.8. The van der Waals surface area contributed by atoms with Crippen LogP contribution in [-0.2, 0) is 23.0 Å². The van der Waals surface area contributed by atoms with Gasteiger partial charge in [0.2, 0.25) is 0 Å². The molecule has 6 nitrogen and oxygen atoms in total. The maximum Gasteiger partial charge on any atom is 0.496 e. The van der Waals surface area contributed by atoms with Gasteiger partial charge in [0.05, 0.1) is 18.0 Å². The molecule has 0 unspecified atom stereocenters. The molecule has 0 heterocycles. The Hall–Kier alpha value is -0.0700. The van der Waals surface area contributed by atoms with E-state index in [2.05, 4.69) is 5.48 Å². The van der Waals surface area contributed by atoms with E-state index in [1.165, 1.54) is 11.8 Å². The van der Waals surface area contributed by atoms with Crippen LogP contribution < -0.4 is 5.48 Å². The molecule has 0 atom stereocenters. The van der Waals surface area contributed by atoms with Crippen molar-refractivity contribution in [2.24, 2.45) is 0 Å². The molecule has 0 saturated heterocycles. The van der Waals surface area contributed by atoms with Crippen LogP contribution in [0.5, 0.6) is 0 Å². The van der Waals surface area contributed by atoms with Gasteiger partial charge >= 0.3 is 7.82 Å². The predicted octanol–water partition coefficient (Wildman–Crippen LogP) is 2.36. The van der Waals surface area contributed by atoms with Crippen molar-refractivity contribution in [3.63, 3.8) is 0 Å². The van der Waals surface area contributed by atoms with Crippen molar-refractivity contribution < 1.29 is 23.0 Å². The SMILES string of the molecule is CCOP(=O)(OCC)ONC(=O)C(C)(C)SC. The van der Waals surface area contributed by atoms with Crippen molar-refractivity contribution in [3.8, 4) is 0 Å². The van der Waals surface area contributed by atoms with Crippen LogP contribution in [0.3, 0.4) is 0 Å². The van der Waals surface area contributed by atoms with E-state index in [9.17, 15) is 9.36 Å². The Morgan fingerprint density at radius 1 is 1.29 bits per heavy atom. The number of phosphoric acid groups is 1. The molecule has 8 heteroatoms. The van der Waals surface area contributed by atoms with Crippen LogP contribution in [0.25, 0.3) is 0 Å². The molecule has 1 amide bonds. The number of rotatable bonds is 8. The van der Waals surface area contributed by atoms with E-state index in [1.54, 1.807) is 34.0 Å². The average molecular weight is 285 g/mol. The zero-order chi connectivity index (χ0) is 13.5. The molecule has 0 aliphatic carbocycles. The molecule has 0 aliphatic rings. The van der Waals surface area contributed by atoms with Crippen LogP contribution in [0.4, 0.5) is 0 Å². The molecule has 1 N–H and O–H groups in total. The van der Waals surface area contributed by atoms with Gasteiger partial charge in [-0.05, 0) is 34.0 Å². The summed E-state index contributed by atoms with van der Waals surface area (Å²) in [5.41, 5.74) is 2.11. The minimum Gasteiger partial charge on any atom is -0.286 e. The number of amides is 1. The number of nitrogens with one attached hydrogen (secondary N) is 1. The second-order valence-corrected chi connectivity index (χ2v) is 6.54. The summed E-state index contributed by atoms with van der Waals surface area (Å²) < 4.78 is 25.6. The maximum atomic E-state index is 11.8. The summed E-state index contributed by atoms with van der Waals surface area (Å²) in [7, 11) is -3.69. The fraction of sp³-hybridized carbons (Fsp3) is 0.889. The number of hydroxylamine groups is 1. The van der Waals surface area contributed by atoms with Gasteiger partial charge in [-0.2, -0.15) is 4.62 Å². The zero-order valence-corrected chi connectivity index (χ0v) is 12.5. The minimum absolute atomic E-state index is 0.166. The van der Waals surface area contributed by atoms with Gasteiger partial charge in [-0.15, -0.1) is 11.8 Å². The highest BCUT2D eigenvalue weighted by Crippen LogP contribution is 2.48. The summed E-state index contributed by atoms with van der Waals surface area (Å²) in [6, 6.07) is 0. The van der Waals surface area contributed by atoms with Crippen LogP contribution in [-0.4, -0.2) is 30.1 Å².